The first-order chi connectivity index (χ1) is 25.6. The second-order valence-electron chi connectivity index (χ2n) is 12.8. The third kappa shape index (κ3) is 5.51. The van der Waals surface area contributed by atoms with Gasteiger partial charge in [-0.1, -0.05) is 127 Å². The Kier molecular flexibility index (Phi) is 7.71. The van der Waals surface area contributed by atoms with E-state index in [1.165, 1.54) is 0 Å². The van der Waals surface area contributed by atoms with Crippen LogP contribution in [-0.4, -0.2) is 22.8 Å². The van der Waals surface area contributed by atoms with Crippen LogP contribution in [0.4, 0.5) is 5.69 Å². The number of fused-ring (bicyclic) bond motifs is 4. The van der Waals surface area contributed by atoms with Crippen molar-refractivity contribution in [3.05, 3.63) is 192 Å². The Balaban J connectivity index is 1.08. The van der Waals surface area contributed by atoms with E-state index in [2.05, 4.69) is 35.6 Å². The smallest absolute Gasteiger partial charge is 0.187 e. The van der Waals surface area contributed by atoms with Crippen molar-refractivity contribution < 1.29 is 9.90 Å². The van der Waals surface area contributed by atoms with Crippen LogP contribution in [0.1, 0.15) is 22.3 Å². The molecule has 6 aromatic rings. The number of phenols is 1. The molecular weight excluding hydrogens is 639 g/mol. The zero-order chi connectivity index (χ0) is 35.0. The fraction of sp³-hybridized carbons (Fsp3) is 0. The zero-order valence-corrected chi connectivity index (χ0v) is 28.0. The normalized spacial score (nSPS) is 17.9. The lowest BCUT2D eigenvalue weighted by Gasteiger charge is -2.22. The van der Waals surface area contributed by atoms with Crippen LogP contribution >= 0.6 is 0 Å². The van der Waals surface area contributed by atoms with Gasteiger partial charge in [-0.25, -0.2) is 0 Å². The highest BCUT2D eigenvalue weighted by Gasteiger charge is 2.27. The molecule has 0 radical (unpaired) electrons. The van der Waals surface area contributed by atoms with Gasteiger partial charge in [0.15, 0.2) is 5.78 Å². The van der Waals surface area contributed by atoms with E-state index < -0.39 is 0 Å². The molecule has 0 saturated heterocycles. The molecule has 0 amide bonds. The van der Waals surface area contributed by atoms with Gasteiger partial charge in [0.2, 0.25) is 0 Å². The second kappa shape index (κ2) is 13.0. The number of phenolic OH excluding ortho intramolecular Hbond substituents is 1. The van der Waals surface area contributed by atoms with E-state index in [0.29, 0.717) is 11.3 Å². The van der Waals surface area contributed by atoms with Crippen LogP contribution in [0.15, 0.2) is 179 Å². The number of dihydropyridines is 1. The molecule has 52 heavy (non-hydrogen) atoms. The minimum atomic E-state index is -0.0406. The van der Waals surface area contributed by atoms with Crippen LogP contribution in [0.25, 0.3) is 56.0 Å². The molecule has 1 aliphatic heterocycles. The minimum Gasteiger partial charge on any atom is -0.507 e. The van der Waals surface area contributed by atoms with E-state index in [9.17, 15) is 9.90 Å². The molecule has 0 atom stereocenters. The lowest BCUT2D eigenvalue weighted by Crippen LogP contribution is -2.16. The summed E-state index contributed by atoms with van der Waals surface area (Å²) in [5.41, 5.74) is 10.00. The predicted octanol–water partition coefficient (Wildman–Crippen LogP) is 10.6. The summed E-state index contributed by atoms with van der Waals surface area (Å²) in [5.74, 6) is 0.165. The molecule has 0 spiro atoms. The molecule has 2 N–H and O–H groups in total. The largest absolute Gasteiger partial charge is 0.507 e. The van der Waals surface area contributed by atoms with E-state index >= 15 is 0 Å². The summed E-state index contributed by atoms with van der Waals surface area (Å²) < 4.78 is 0. The van der Waals surface area contributed by atoms with Crippen LogP contribution in [0.3, 0.4) is 0 Å². The third-order valence-corrected chi connectivity index (χ3v) is 9.64. The summed E-state index contributed by atoms with van der Waals surface area (Å²) in [5, 5.41) is 18.8. The number of aromatic hydroxyl groups is 1. The number of nitrogens with one attached hydrogen (secondary N) is 1. The summed E-state index contributed by atoms with van der Waals surface area (Å²) in [7, 11) is 0. The van der Waals surface area contributed by atoms with Gasteiger partial charge in [0.1, 0.15) is 5.75 Å². The zero-order valence-electron chi connectivity index (χ0n) is 28.0. The van der Waals surface area contributed by atoms with Crippen molar-refractivity contribution in [2.75, 3.05) is 0 Å². The molecule has 5 nitrogen and oxygen atoms in total. The number of aliphatic imine (C=N–C) groups is 2. The second-order valence-corrected chi connectivity index (χ2v) is 12.8. The maximum absolute atomic E-state index is 13.5. The van der Waals surface area contributed by atoms with Gasteiger partial charge >= 0.3 is 0 Å². The Morgan fingerprint density at radius 3 is 2.00 bits per heavy atom. The van der Waals surface area contributed by atoms with Gasteiger partial charge in [-0.2, -0.15) is 0 Å². The van der Waals surface area contributed by atoms with Crippen LogP contribution in [0.5, 0.6) is 5.75 Å². The summed E-state index contributed by atoms with van der Waals surface area (Å²) in [6, 6.07) is 40.1. The number of nitrogens with zero attached hydrogens (tertiary/aromatic N) is 2. The lowest BCUT2D eigenvalue weighted by atomic mass is 9.81. The highest BCUT2D eigenvalue weighted by molar-refractivity contribution is 6.48. The number of hydrogen-bond donors (Lipinski definition) is 2. The topological polar surface area (TPSA) is 74.0 Å². The standard InChI is InChI=1S/C47H31N3O2/c51-42-26-22-32-12-3-7-18-38(32)46(42)44-36-16-5-1-10-30(36)20-24-40(44)48-28-34-14-9-15-35(50-34)29-49-41-25-21-31-11-2-6-17-37(31)45(41)47-39-19-8-4-13-33(39)23-27-43(47)52/h1-29,50-51H. The molecule has 1 heterocycles. The first-order valence-corrected chi connectivity index (χ1v) is 17.2. The molecule has 246 valence electrons. The summed E-state index contributed by atoms with van der Waals surface area (Å²) in [4.78, 5) is 23.5. The first kappa shape index (κ1) is 30.9. The molecule has 0 fully saturated rings. The minimum absolute atomic E-state index is 0.0406. The van der Waals surface area contributed by atoms with Crippen LogP contribution in [0.2, 0.25) is 0 Å². The van der Waals surface area contributed by atoms with Gasteiger partial charge in [-0.3, -0.25) is 14.8 Å². The SMILES string of the molecule is O=C1C=Cc2ccccc2C1=C1C(=NC=C2C=CC=C(C=Nc3ccc4ccccc4c3-c3c(O)ccc4ccccc34)N2)C=Cc2ccccc21. The summed E-state index contributed by atoms with van der Waals surface area (Å²) >= 11 is 0. The van der Waals surface area contributed by atoms with Crippen molar-refractivity contribution in [3.8, 4) is 16.9 Å². The molecule has 9 rings (SSSR count). The average molecular weight is 670 g/mol. The Bertz CT molecular complexity index is 2740. The van der Waals surface area contributed by atoms with Crippen LogP contribution in [-0.2, 0) is 4.79 Å². The number of carbonyl (C=O) groups is 1. The third-order valence-electron chi connectivity index (χ3n) is 9.64. The Labute approximate surface area is 301 Å². The van der Waals surface area contributed by atoms with E-state index in [0.717, 1.165) is 77.6 Å². The Hall–Kier alpha value is -7.11. The molecule has 0 bridgehead atoms. The number of hydrogen-bond acceptors (Lipinski definition) is 5. The summed E-state index contributed by atoms with van der Waals surface area (Å²) in [6.45, 7) is 0. The molecule has 5 heteroatoms. The summed E-state index contributed by atoms with van der Waals surface area (Å²) in [6.07, 6.45) is 17.0. The van der Waals surface area contributed by atoms with E-state index in [1.54, 1.807) is 24.6 Å². The maximum Gasteiger partial charge on any atom is 0.187 e. The quantitative estimate of drug-likeness (QED) is 0.145. The van der Waals surface area contributed by atoms with E-state index in [-0.39, 0.29) is 11.5 Å². The molecule has 6 aromatic carbocycles. The van der Waals surface area contributed by atoms with Gasteiger partial charge < -0.3 is 10.4 Å². The van der Waals surface area contributed by atoms with Crippen molar-refractivity contribution in [1.82, 2.24) is 5.32 Å². The van der Waals surface area contributed by atoms with Gasteiger partial charge in [0, 0.05) is 22.3 Å². The number of carbonyl (C=O) groups excluding carboxylic acids is 1. The van der Waals surface area contributed by atoms with Gasteiger partial charge in [0.05, 0.1) is 35.2 Å². The first-order valence-electron chi connectivity index (χ1n) is 17.2. The monoisotopic (exact) mass is 669 g/mol. The number of allylic oxidation sites excluding steroid dienone is 8. The molecule has 0 aromatic heterocycles. The van der Waals surface area contributed by atoms with Crippen LogP contribution in [0, 0.1) is 0 Å². The van der Waals surface area contributed by atoms with Gasteiger partial charge in [0.25, 0.3) is 0 Å². The molecular formula is C47H31N3O2. The van der Waals surface area contributed by atoms with Crippen molar-refractivity contribution in [1.29, 1.82) is 0 Å². The molecule has 2 aliphatic carbocycles. The number of benzene rings is 6. The fourth-order valence-electron chi connectivity index (χ4n) is 7.23. The number of ketones is 1. The fourth-order valence-corrected chi connectivity index (χ4v) is 7.23. The van der Waals surface area contributed by atoms with Gasteiger partial charge in [-0.05, 0) is 80.2 Å². The molecule has 3 aliphatic rings. The Morgan fingerprint density at radius 2 is 1.23 bits per heavy atom. The van der Waals surface area contributed by atoms with Crippen molar-refractivity contribution in [2.45, 2.75) is 0 Å². The van der Waals surface area contributed by atoms with E-state index in [4.69, 9.17) is 9.98 Å². The number of rotatable bonds is 4. The van der Waals surface area contributed by atoms with Gasteiger partial charge in [-0.15, -0.1) is 0 Å². The molecule has 0 unspecified atom stereocenters. The molecule has 0 saturated carbocycles. The van der Waals surface area contributed by atoms with Crippen molar-refractivity contribution in [2.24, 2.45) is 9.98 Å². The Morgan fingerprint density at radius 1 is 0.596 bits per heavy atom. The lowest BCUT2D eigenvalue weighted by molar-refractivity contribution is -0.109. The highest BCUT2D eigenvalue weighted by Crippen LogP contribution is 2.45. The average Bonchev–Trinajstić information content (AvgIpc) is 3.19. The maximum atomic E-state index is 13.5. The highest BCUT2D eigenvalue weighted by atomic mass is 16.3. The van der Waals surface area contributed by atoms with Crippen molar-refractivity contribution in [3.63, 3.8) is 0 Å². The predicted molar refractivity (Wildman–Crippen MR) is 215 cm³/mol. The van der Waals surface area contributed by atoms with E-state index in [1.807, 2.05) is 121 Å². The van der Waals surface area contributed by atoms with Crippen LogP contribution < -0.4 is 5.32 Å². The van der Waals surface area contributed by atoms with Crippen molar-refractivity contribution >= 4 is 68.2 Å².